The van der Waals surface area contributed by atoms with Crippen LogP contribution in [0.3, 0.4) is 0 Å². The van der Waals surface area contributed by atoms with Crippen LogP contribution in [-0.2, 0) is 14.8 Å². The molecule has 0 unspecified atom stereocenters. The van der Waals surface area contributed by atoms with Crippen molar-refractivity contribution in [3.63, 3.8) is 0 Å². The molecule has 1 N–H and O–H groups in total. The van der Waals surface area contributed by atoms with Crippen molar-refractivity contribution < 1.29 is 27.1 Å². The average Bonchev–Trinajstić information content (AvgIpc) is 2.82. The molecule has 1 aliphatic rings. The number of aryl methyl sites for hydroxylation is 1. The van der Waals surface area contributed by atoms with Crippen LogP contribution in [0.15, 0.2) is 77.7 Å². The van der Waals surface area contributed by atoms with Crippen LogP contribution in [0, 0.1) is 12.7 Å². The zero-order valence-corrected chi connectivity index (χ0v) is 18.7. The van der Waals surface area contributed by atoms with Gasteiger partial charge in [0.05, 0.1) is 23.7 Å². The third-order valence-corrected chi connectivity index (χ3v) is 6.89. The van der Waals surface area contributed by atoms with Gasteiger partial charge in [-0.15, -0.1) is 0 Å². The maximum atomic E-state index is 13.4. The minimum Gasteiger partial charge on any atom is -0.492 e. The number of carbonyl (C=O) groups excluding carboxylic acids is 1. The lowest BCUT2D eigenvalue weighted by Crippen LogP contribution is -2.51. The second-order valence-corrected chi connectivity index (χ2v) is 9.38. The molecule has 1 amide bonds. The van der Waals surface area contributed by atoms with Crippen LogP contribution in [-0.4, -0.2) is 40.1 Å². The number of hydrogen-bond acceptors (Lipinski definition) is 5. The predicted octanol–water partition coefficient (Wildman–Crippen LogP) is 3.29. The smallest absolute Gasteiger partial charge is 0.264 e. The van der Waals surface area contributed by atoms with E-state index >= 15 is 0 Å². The Morgan fingerprint density at radius 2 is 1.85 bits per heavy atom. The largest absolute Gasteiger partial charge is 0.492 e. The molecule has 172 valence electrons. The highest BCUT2D eigenvalue weighted by molar-refractivity contribution is 7.92. The number of benzene rings is 3. The Bertz CT molecular complexity index is 1230. The fraction of sp³-hybridized carbons (Fsp3) is 0.208. The van der Waals surface area contributed by atoms with Gasteiger partial charge in [0.15, 0.2) is 6.10 Å². The van der Waals surface area contributed by atoms with Gasteiger partial charge in [-0.1, -0.05) is 24.3 Å². The van der Waals surface area contributed by atoms with Crippen molar-refractivity contribution in [2.24, 2.45) is 0 Å². The molecule has 0 fully saturated rings. The second kappa shape index (κ2) is 9.50. The first-order valence-corrected chi connectivity index (χ1v) is 11.8. The number of rotatable bonds is 7. The van der Waals surface area contributed by atoms with Crippen LogP contribution in [0.1, 0.15) is 5.56 Å². The van der Waals surface area contributed by atoms with Crippen molar-refractivity contribution in [3.8, 4) is 11.5 Å². The number of amides is 1. The third kappa shape index (κ3) is 5.09. The quantitative estimate of drug-likeness (QED) is 0.536. The van der Waals surface area contributed by atoms with Crippen molar-refractivity contribution >= 4 is 21.6 Å². The van der Waals surface area contributed by atoms with E-state index in [1.165, 1.54) is 40.7 Å². The lowest BCUT2D eigenvalue weighted by atomic mass is 10.1. The summed E-state index contributed by atoms with van der Waals surface area (Å²) in [4.78, 5) is 12.9. The van der Waals surface area contributed by atoms with E-state index in [0.717, 1.165) is 5.56 Å². The first kappa shape index (κ1) is 22.6. The molecule has 7 nitrogen and oxygen atoms in total. The Kier molecular flexibility index (Phi) is 6.50. The fourth-order valence-electron chi connectivity index (χ4n) is 3.43. The number of nitrogens with zero attached hydrogens (tertiary/aromatic N) is 1. The molecule has 0 spiro atoms. The number of fused-ring (bicyclic) bond motifs is 1. The fourth-order valence-corrected chi connectivity index (χ4v) is 4.92. The molecule has 3 aromatic carbocycles. The molecule has 9 heteroatoms. The minimum atomic E-state index is -3.91. The molecule has 33 heavy (non-hydrogen) atoms. The molecule has 0 aromatic heterocycles. The van der Waals surface area contributed by atoms with Crippen LogP contribution in [0.25, 0.3) is 0 Å². The summed E-state index contributed by atoms with van der Waals surface area (Å²) in [5, 5.41) is 2.70. The molecule has 0 aliphatic carbocycles. The van der Waals surface area contributed by atoms with Gasteiger partial charge in [0, 0.05) is 0 Å². The SMILES string of the molecule is Cc1ccc2c(c1)N(S(=O)(=O)c1ccccc1)C[C@@H](C(=O)NCCOc1ccc(F)cc1)O2. The second-order valence-electron chi connectivity index (χ2n) is 7.52. The van der Waals surface area contributed by atoms with E-state index in [1.54, 1.807) is 36.4 Å². The van der Waals surface area contributed by atoms with Gasteiger partial charge < -0.3 is 14.8 Å². The summed E-state index contributed by atoms with van der Waals surface area (Å²) in [5.74, 6) is -0.0363. The van der Waals surface area contributed by atoms with Gasteiger partial charge in [-0.25, -0.2) is 12.8 Å². The summed E-state index contributed by atoms with van der Waals surface area (Å²) < 4.78 is 52.2. The Balaban J connectivity index is 1.47. The van der Waals surface area contributed by atoms with Crippen LogP contribution < -0.4 is 19.1 Å². The van der Waals surface area contributed by atoms with Crippen LogP contribution in [0.2, 0.25) is 0 Å². The number of hydrogen-bond donors (Lipinski definition) is 1. The van der Waals surface area contributed by atoms with Crippen LogP contribution in [0.5, 0.6) is 11.5 Å². The lowest BCUT2D eigenvalue weighted by Gasteiger charge is -2.35. The Morgan fingerprint density at radius 1 is 1.12 bits per heavy atom. The molecule has 1 aliphatic heterocycles. The zero-order valence-electron chi connectivity index (χ0n) is 17.9. The minimum absolute atomic E-state index is 0.131. The molecule has 0 saturated carbocycles. The van der Waals surface area contributed by atoms with Gasteiger partial charge in [-0.2, -0.15) is 0 Å². The van der Waals surface area contributed by atoms with E-state index < -0.39 is 22.0 Å². The summed E-state index contributed by atoms with van der Waals surface area (Å²) in [7, 11) is -3.91. The number of anilines is 1. The third-order valence-electron chi connectivity index (χ3n) is 5.09. The van der Waals surface area contributed by atoms with Gasteiger partial charge in [-0.3, -0.25) is 9.10 Å². The molecular weight excluding hydrogens is 447 g/mol. The van der Waals surface area contributed by atoms with Crippen LogP contribution in [0.4, 0.5) is 10.1 Å². The Hall–Kier alpha value is -3.59. The van der Waals surface area contributed by atoms with E-state index in [9.17, 15) is 17.6 Å². The van der Waals surface area contributed by atoms with E-state index in [-0.39, 0.29) is 30.4 Å². The summed E-state index contributed by atoms with van der Waals surface area (Å²) >= 11 is 0. The van der Waals surface area contributed by atoms with Gasteiger partial charge in [0.2, 0.25) is 0 Å². The maximum Gasteiger partial charge on any atom is 0.264 e. The molecule has 4 rings (SSSR count). The number of carbonyl (C=O) groups is 1. The van der Waals surface area contributed by atoms with Gasteiger partial charge in [0.1, 0.15) is 23.9 Å². The summed E-state index contributed by atoms with van der Waals surface area (Å²) in [6.45, 7) is 2.01. The van der Waals surface area contributed by atoms with Crippen molar-refractivity contribution in [2.75, 3.05) is 24.0 Å². The van der Waals surface area contributed by atoms with Gasteiger partial charge >= 0.3 is 0 Å². The highest BCUT2D eigenvalue weighted by Crippen LogP contribution is 2.37. The van der Waals surface area contributed by atoms with Gasteiger partial charge in [-0.05, 0) is 61.0 Å². The van der Waals surface area contributed by atoms with E-state index in [2.05, 4.69) is 5.32 Å². The molecule has 1 heterocycles. The monoisotopic (exact) mass is 470 g/mol. The topological polar surface area (TPSA) is 84.9 Å². The summed E-state index contributed by atoms with van der Waals surface area (Å²) in [6.07, 6.45) is -1.04. The number of halogens is 1. The lowest BCUT2D eigenvalue weighted by molar-refractivity contribution is -0.127. The van der Waals surface area contributed by atoms with Crippen molar-refractivity contribution in [1.29, 1.82) is 0 Å². The number of ether oxygens (including phenoxy) is 2. The standard InChI is InChI=1S/C24H23FN2O5S/c1-17-7-12-22-21(15-17)27(33(29,30)20-5-3-2-4-6-20)16-23(32-22)24(28)26-13-14-31-19-10-8-18(25)9-11-19/h2-12,15,23H,13-14,16H2,1H3,(H,26,28)/t23-/m0/s1. The molecule has 0 bridgehead atoms. The van der Waals surface area contributed by atoms with E-state index in [0.29, 0.717) is 17.2 Å². The van der Waals surface area contributed by atoms with Crippen molar-refractivity contribution in [3.05, 3.63) is 84.2 Å². The summed E-state index contributed by atoms with van der Waals surface area (Å²) in [6, 6.07) is 18.8. The normalized spacial score (nSPS) is 15.3. The van der Waals surface area contributed by atoms with Crippen LogP contribution >= 0.6 is 0 Å². The molecule has 1 atom stereocenters. The number of nitrogens with one attached hydrogen (secondary N) is 1. The molecule has 0 radical (unpaired) electrons. The van der Waals surface area contributed by atoms with Crippen molar-refractivity contribution in [2.45, 2.75) is 17.9 Å². The molecular formula is C24H23FN2O5S. The highest BCUT2D eigenvalue weighted by Gasteiger charge is 2.37. The molecule has 0 saturated heterocycles. The molecule has 3 aromatic rings. The van der Waals surface area contributed by atoms with Crippen molar-refractivity contribution in [1.82, 2.24) is 5.32 Å². The first-order valence-electron chi connectivity index (χ1n) is 10.4. The maximum absolute atomic E-state index is 13.4. The average molecular weight is 471 g/mol. The number of sulfonamides is 1. The summed E-state index contributed by atoms with van der Waals surface area (Å²) in [5.41, 5.74) is 1.26. The highest BCUT2D eigenvalue weighted by atomic mass is 32.2. The van der Waals surface area contributed by atoms with E-state index in [1.807, 2.05) is 6.92 Å². The first-order chi connectivity index (χ1) is 15.8. The van der Waals surface area contributed by atoms with E-state index in [4.69, 9.17) is 9.47 Å². The Morgan fingerprint density at radius 3 is 2.58 bits per heavy atom. The van der Waals surface area contributed by atoms with Gasteiger partial charge in [0.25, 0.3) is 15.9 Å². The Labute approximate surface area is 191 Å². The zero-order chi connectivity index (χ0) is 23.4. The predicted molar refractivity (Wildman–Crippen MR) is 121 cm³/mol.